The highest BCUT2D eigenvalue weighted by Gasteiger charge is 2.19. The Morgan fingerprint density at radius 1 is 0.824 bits per heavy atom. The number of pyridine rings is 1. The lowest BCUT2D eigenvalue weighted by molar-refractivity contribution is -0.566. The molecule has 4 aromatic rings. The van der Waals surface area contributed by atoms with Crippen LogP contribution in [-0.4, -0.2) is 25.8 Å². The summed E-state index contributed by atoms with van der Waals surface area (Å²) < 4.78 is 29.5. The molecule has 178 valence electrons. The van der Waals surface area contributed by atoms with Crippen molar-refractivity contribution < 1.29 is 17.5 Å². The molecule has 1 aromatic heterocycles. The highest BCUT2D eigenvalue weighted by Crippen LogP contribution is 2.31. The zero-order valence-corrected chi connectivity index (χ0v) is 20.6. The van der Waals surface area contributed by atoms with Gasteiger partial charge in [-0.05, 0) is 24.1 Å². The van der Waals surface area contributed by atoms with Crippen molar-refractivity contribution in [3.63, 3.8) is 0 Å². The summed E-state index contributed by atoms with van der Waals surface area (Å²) in [6.07, 6.45) is 7.87. The molecule has 0 radical (unpaired) electrons. The van der Waals surface area contributed by atoms with Crippen LogP contribution in [0.3, 0.4) is 0 Å². The first-order chi connectivity index (χ1) is 16.4. The summed E-state index contributed by atoms with van der Waals surface area (Å²) in [5.41, 5.74) is 6.12. The van der Waals surface area contributed by atoms with Crippen molar-refractivity contribution in [2.75, 3.05) is 18.1 Å². The summed E-state index contributed by atoms with van der Waals surface area (Å²) >= 11 is 0. The van der Waals surface area contributed by atoms with E-state index in [2.05, 4.69) is 108 Å². The average molecular weight is 477 g/mol. The second-order valence-corrected chi connectivity index (χ2v) is 9.60. The van der Waals surface area contributed by atoms with Crippen LogP contribution in [-0.2, 0) is 10.1 Å². The van der Waals surface area contributed by atoms with E-state index in [1.165, 1.54) is 59.1 Å². The zero-order valence-electron chi connectivity index (χ0n) is 19.8. The monoisotopic (exact) mass is 476 g/mol. The molecule has 34 heavy (non-hydrogen) atoms. The summed E-state index contributed by atoms with van der Waals surface area (Å²) in [5.74, 6) is 0. The van der Waals surface area contributed by atoms with Gasteiger partial charge in [-0.15, -0.1) is 0 Å². The Hall–Kier alpha value is -3.22. The maximum atomic E-state index is 9.08. The fraction of sp³-hybridized carbons (Fsp3) is 0.250. The van der Waals surface area contributed by atoms with E-state index in [1.807, 2.05) is 0 Å². The minimum atomic E-state index is -3.92. The van der Waals surface area contributed by atoms with Crippen LogP contribution in [0.25, 0.3) is 27.7 Å². The van der Waals surface area contributed by atoms with Crippen molar-refractivity contribution in [2.45, 2.75) is 32.6 Å². The zero-order chi connectivity index (χ0) is 24.4. The van der Waals surface area contributed by atoms with Crippen molar-refractivity contribution in [1.29, 1.82) is 0 Å². The Bertz CT molecular complexity index is 1240. The first-order valence-corrected chi connectivity index (χ1v) is 13.4. The molecule has 1 N–H and O–H groups in total. The first-order valence-electron chi connectivity index (χ1n) is 11.6. The summed E-state index contributed by atoms with van der Waals surface area (Å²) in [6.45, 7) is 3.27. The Balaban J connectivity index is 0.000000588. The fourth-order valence-corrected chi connectivity index (χ4v) is 3.92. The maximum Gasteiger partial charge on any atom is 0.228 e. The third-order valence-corrected chi connectivity index (χ3v) is 5.42. The molecular weight excluding hydrogens is 444 g/mol. The van der Waals surface area contributed by atoms with Gasteiger partial charge in [0.2, 0.25) is 11.2 Å². The van der Waals surface area contributed by atoms with Crippen LogP contribution >= 0.6 is 0 Å². The molecule has 5 nitrogen and oxygen atoms in total. The molecule has 0 aliphatic carbocycles. The van der Waals surface area contributed by atoms with Gasteiger partial charge in [-0.1, -0.05) is 80.8 Å². The SMILES string of the molecule is CCCCCCNc1cc[n+](-c2ccccc2)c2c(-c3ccccc3)cccc12.CS(=O)(=O)[O-]. The maximum absolute atomic E-state index is 9.08. The number of hydrogen-bond donors (Lipinski definition) is 1. The third kappa shape index (κ3) is 7.40. The molecule has 0 bridgehead atoms. The van der Waals surface area contributed by atoms with Gasteiger partial charge in [-0.25, -0.2) is 8.42 Å². The van der Waals surface area contributed by atoms with Crippen molar-refractivity contribution in [2.24, 2.45) is 0 Å². The van der Waals surface area contributed by atoms with Gasteiger partial charge in [0.25, 0.3) is 0 Å². The van der Waals surface area contributed by atoms with Crippen molar-refractivity contribution in [3.05, 3.63) is 91.1 Å². The van der Waals surface area contributed by atoms with Crippen LogP contribution in [0.4, 0.5) is 5.69 Å². The minimum Gasteiger partial charge on any atom is -0.748 e. The average Bonchev–Trinajstić information content (AvgIpc) is 2.83. The molecular formula is C28H32N2O3S. The molecule has 4 rings (SSSR count). The van der Waals surface area contributed by atoms with Crippen molar-refractivity contribution in [1.82, 2.24) is 0 Å². The molecule has 0 aliphatic rings. The number of unbranched alkanes of at least 4 members (excludes halogenated alkanes) is 3. The van der Waals surface area contributed by atoms with Gasteiger partial charge >= 0.3 is 0 Å². The van der Waals surface area contributed by atoms with Crippen LogP contribution in [0.5, 0.6) is 0 Å². The lowest BCUT2D eigenvalue weighted by Gasteiger charge is -2.12. The van der Waals surface area contributed by atoms with Gasteiger partial charge in [0.15, 0.2) is 6.20 Å². The van der Waals surface area contributed by atoms with E-state index in [0.717, 1.165) is 6.54 Å². The van der Waals surface area contributed by atoms with E-state index in [-0.39, 0.29) is 0 Å². The smallest absolute Gasteiger partial charge is 0.228 e. The Labute approximate surface area is 202 Å². The minimum absolute atomic E-state index is 0.604. The number of nitrogens with one attached hydrogen (secondary N) is 1. The fourth-order valence-electron chi connectivity index (χ4n) is 3.92. The largest absolute Gasteiger partial charge is 0.748 e. The first kappa shape index (κ1) is 25.4. The highest BCUT2D eigenvalue weighted by molar-refractivity contribution is 7.84. The predicted octanol–water partition coefficient (Wildman–Crippen LogP) is 5.94. The van der Waals surface area contributed by atoms with Crippen molar-refractivity contribution >= 4 is 26.7 Å². The van der Waals surface area contributed by atoms with E-state index in [0.29, 0.717) is 6.26 Å². The second kappa shape index (κ2) is 12.3. The number of nitrogens with zero attached hydrogens (tertiary/aromatic N) is 1. The van der Waals surface area contributed by atoms with E-state index >= 15 is 0 Å². The molecule has 0 spiro atoms. The topological polar surface area (TPSA) is 73.1 Å². The van der Waals surface area contributed by atoms with Gasteiger partial charge in [0, 0.05) is 31.0 Å². The lowest BCUT2D eigenvalue weighted by Crippen LogP contribution is -2.31. The Kier molecular flexibility index (Phi) is 9.19. The Morgan fingerprint density at radius 3 is 2.12 bits per heavy atom. The van der Waals surface area contributed by atoms with Crippen LogP contribution in [0.2, 0.25) is 0 Å². The normalized spacial score (nSPS) is 11.0. The highest BCUT2D eigenvalue weighted by atomic mass is 32.2. The van der Waals surface area contributed by atoms with Crippen LogP contribution in [0, 0.1) is 0 Å². The Morgan fingerprint density at radius 2 is 1.47 bits per heavy atom. The van der Waals surface area contributed by atoms with Gasteiger partial charge in [0.05, 0.1) is 26.8 Å². The molecule has 0 fully saturated rings. The summed E-state index contributed by atoms with van der Waals surface area (Å²) in [5, 5.41) is 4.95. The second-order valence-electron chi connectivity index (χ2n) is 8.19. The number of anilines is 1. The number of fused-ring (bicyclic) bond motifs is 1. The molecule has 0 unspecified atom stereocenters. The molecule has 0 amide bonds. The van der Waals surface area contributed by atoms with Gasteiger partial charge in [0.1, 0.15) is 0 Å². The van der Waals surface area contributed by atoms with Crippen molar-refractivity contribution in [3.8, 4) is 16.8 Å². The third-order valence-electron chi connectivity index (χ3n) is 5.42. The van der Waals surface area contributed by atoms with E-state index in [1.54, 1.807) is 0 Å². The predicted molar refractivity (Wildman–Crippen MR) is 139 cm³/mol. The molecule has 1 heterocycles. The molecule has 3 aromatic carbocycles. The quantitative estimate of drug-likeness (QED) is 0.194. The molecule has 0 saturated carbocycles. The molecule has 0 atom stereocenters. The number of hydrogen-bond acceptors (Lipinski definition) is 4. The van der Waals surface area contributed by atoms with Gasteiger partial charge < -0.3 is 9.87 Å². The standard InChI is InChI=1S/C27H28N2.CH4O3S/c1-2-3-4-11-20-28-26-19-21-29(23-15-9-6-10-16-23)27-24(17-12-18-25(26)27)22-13-7-5-8-14-22;1-5(2,3)4/h5-10,12-19,21H,2-4,11,20H2,1H3;1H3,(H,2,3,4). The number of para-hydroxylation sites is 2. The summed E-state index contributed by atoms with van der Waals surface area (Å²) in [6, 6.07) is 30.1. The van der Waals surface area contributed by atoms with Gasteiger partial charge in [-0.3, -0.25) is 0 Å². The van der Waals surface area contributed by atoms with Crippen LogP contribution in [0.1, 0.15) is 32.6 Å². The molecule has 0 saturated heterocycles. The van der Waals surface area contributed by atoms with Crippen LogP contribution in [0.15, 0.2) is 91.1 Å². The van der Waals surface area contributed by atoms with E-state index in [4.69, 9.17) is 13.0 Å². The van der Waals surface area contributed by atoms with Crippen LogP contribution < -0.4 is 9.88 Å². The summed E-state index contributed by atoms with van der Waals surface area (Å²) in [7, 11) is -3.92. The number of rotatable bonds is 8. The van der Waals surface area contributed by atoms with Gasteiger partial charge in [-0.2, -0.15) is 4.57 Å². The van der Waals surface area contributed by atoms with E-state index in [9.17, 15) is 0 Å². The lowest BCUT2D eigenvalue weighted by atomic mass is 10.0. The van der Waals surface area contributed by atoms with E-state index < -0.39 is 10.1 Å². The number of aromatic nitrogens is 1. The number of benzene rings is 3. The molecule has 6 heteroatoms. The summed E-state index contributed by atoms with van der Waals surface area (Å²) in [4.78, 5) is 0. The molecule has 0 aliphatic heterocycles.